The molecule has 3 saturated carbocycles. The molecule has 4 aliphatic carbocycles. The van der Waals surface area contributed by atoms with Gasteiger partial charge in [-0.1, -0.05) is 18.4 Å². The summed E-state index contributed by atoms with van der Waals surface area (Å²) in [6, 6.07) is 0. The van der Waals surface area contributed by atoms with Crippen LogP contribution in [0.3, 0.4) is 0 Å². The van der Waals surface area contributed by atoms with Gasteiger partial charge in [0.1, 0.15) is 0 Å². The van der Waals surface area contributed by atoms with Gasteiger partial charge in [-0.25, -0.2) is 0 Å². The highest BCUT2D eigenvalue weighted by atomic mass is 16.1. The van der Waals surface area contributed by atoms with E-state index in [0.717, 1.165) is 30.6 Å². The van der Waals surface area contributed by atoms with Crippen LogP contribution in [0.1, 0.15) is 71.6 Å². The zero-order valence-electron chi connectivity index (χ0n) is 14.7. The minimum Gasteiger partial charge on any atom is -0.295 e. The van der Waals surface area contributed by atoms with Crippen molar-refractivity contribution in [1.82, 2.24) is 0 Å². The third-order valence-corrected chi connectivity index (χ3v) is 8.51. The normalized spacial score (nSPS) is 48.7. The number of ketones is 1. The Morgan fingerprint density at radius 2 is 2.00 bits per heavy atom. The Bertz CT molecular complexity index is 594. The van der Waals surface area contributed by atoms with Crippen molar-refractivity contribution in [3.63, 3.8) is 0 Å². The zero-order valence-corrected chi connectivity index (χ0v) is 14.7. The summed E-state index contributed by atoms with van der Waals surface area (Å²) < 4.78 is 0. The largest absolute Gasteiger partial charge is 0.295 e. The number of terminal acetylenes is 1. The van der Waals surface area contributed by atoms with Crippen LogP contribution in [0.5, 0.6) is 0 Å². The zero-order chi connectivity index (χ0) is 16.2. The first kappa shape index (κ1) is 15.5. The van der Waals surface area contributed by atoms with E-state index in [1.807, 2.05) is 6.08 Å². The highest BCUT2D eigenvalue weighted by molar-refractivity contribution is 5.91. The third kappa shape index (κ3) is 1.97. The molecule has 0 amide bonds. The van der Waals surface area contributed by atoms with E-state index in [4.69, 9.17) is 6.42 Å². The first-order chi connectivity index (χ1) is 11.0. The van der Waals surface area contributed by atoms with Gasteiger partial charge in [-0.15, -0.1) is 6.42 Å². The van der Waals surface area contributed by atoms with Crippen LogP contribution in [0.25, 0.3) is 0 Å². The Morgan fingerprint density at radius 3 is 2.74 bits per heavy atom. The van der Waals surface area contributed by atoms with E-state index in [9.17, 15) is 4.79 Å². The molecule has 4 rings (SSSR count). The van der Waals surface area contributed by atoms with Crippen LogP contribution in [0.2, 0.25) is 0 Å². The van der Waals surface area contributed by atoms with E-state index in [2.05, 4.69) is 19.8 Å². The van der Waals surface area contributed by atoms with Crippen molar-refractivity contribution in [2.24, 2.45) is 34.5 Å². The predicted molar refractivity (Wildman–Crippen MR) is 93.7 cm³/mol. The van der Waals surface area contributed by atoms with Gasteiger partial charge >= 0.3 is 0 Å². The topological polar surface area (TPSA) is 17.1 Å². The number of allylic oxidation sites excluding steroid dienone is 1. The summed E-state index contributed by atoms with van der Waals surface area (Å²) in [5.41, 5.74) is 1.98. The monoisotopic (exact) mass is 310 g/mol. The van der Waals surface area contributed by atoms with Gasteiger partial charge in [0, 0.05) is 11.8 Å². The first-order valence-electron chi connectivity index (χ1n) is 9.76. The summed E-state index contributed by atoms with van der Waals surface area (Å²) in [6.45, 7) is 4.74. The second-order valence-electron chi connectivity index (χ2n) is 8.87. The highest BCUT2D eigenvalue weighted by Gasteiger charge is 2.61. The molecular weight excluding hydrogens is 280 g/mol. The van der Waals surface area contributed by atoms with Crippen LogP contribution >= 0.6 is 0 Å². The average Bonchev–Trinajstić information content (AvgIpc) is 2.88. The molecule has 0 heterocycles. The fourth-order valence-electron chi connectivity index (χ4n) is 7.31. The van der Waals surface area contributed by atoms with Crippen molar-refractivity contribution in [3.05, 3.63) is 11.6 Å². The smallest absolute Gasteiger partial charge is 0.155 e. The van der Waals surface area contributed by atoms with Crippen LogP contribution in [-0.2, 0) is 4.79 Å². The van der Waals surface area contributed by atoms with Gasteiger partial charge in [-0.05, 0) is 93.5 Å². The summed E-state index contributed by atoms with van der Waals surface area (Å²) >= 11 is 0. The van der Waals surface area contributed by atoms with Gasteiger partial charge in [-0.3, -0.25) is 4.79 Å². The molecule has 1 heteroatoms. The fraction of sp³-hybridized carbons (Fsp3) is 0.773. The molecular formula is C22H30O. The molecule has 4 aliphatic rings. The molecule has 23 heavy (non-hydrogen) atoms. The summed E-state index contributed by atoms with van der Waals surface area (Å²) in [4.78, 5) is 11.8. The number of hydrogen-bond acceptors (Lipinski definition) is 1. The maximum absolute atomic E-state index is 11.8. The lowest BCUT2D eigenvalue weighted by Gasteiger charge is -2.56. The number of carbonyl (C=O) groups is 1. The minimum absolute atomic E-state index is 0.107. The molecule has 1 unspecified atom stereocenters. The van der Waals surface area contributed by atoms with Gasteiger partial charge in [0.15, 0.2) is 5.78 Å². The Kier molecular flexibility index (Phi) is 3.53. The summed E-state index contributed by atoms with van der Waals surface area (Å²) in [5, 5.41) is 0. The molecule has 0 bridgehead atoms. The molecule has 0 aromatic heterocycles. The molecule has 0 aromatic rings. The summed E-state index contributed by atoms with van der Waals surface area (Å²) in [7, 11) is 0. The van der Waals surface area contributed by atoms with Crippen molar-refractivity contribution < 1.29 is 4.79 Å². The van der Waals surface area contributed by atoms with Crippen molar-refractivity contribution in [3.8, 4) is 12.3 Å². The Morgan fingerprint density at radius 1 is 1.17 bits per heavy atom. The lowest BCUT2D eigenvalue weighted by atomic mass is 9.48. The third-order valence-electron chi connectivity index (χ3n) is 8.51. The number of hydrogen-bond donors (Lipinski definition) is 0. The number of carbonyl (C=O) groups excluding carboxylic acids is 1. The van der Waals surface area contributed by atoms with E-state index in [0.29, 0.717) is 17.1 Å². The van der Waals surface area contributed by atoms with E-state index < -0.39 is 0 Å². The first-order valence-corrected chi connectivity index (χ1v) is 9.76. The maximum Gasteiger partial charge on any atom is 0.155 e. The van der Waals surface area contributed by atoms with Crippen LogP contribution in [0.15, 0.2) is 11.6 Å². The van der Waals surface area contributed by atoms with Crippen LogP contribution in [-0.4, -0.2) is 5.78 Å². The summed E-state index contributed by atoms with van der Waals surface area (Å²) in [6.07, 6.45) is 18.8. The molecule has 124 valence electrons. The molecule has 6 atom stereocenters. The quantitative estimate of drug-likeness (QED) is 0.612. The fourth-order valence-corrected chi connectivity index (χ4v) is 7.31. The van der Waals surface area contributed by atoms with Crippen molar-refractivity contribution >= 4 is 5.78 Å². The van der Waals surface area contributed by atoms with Crippen molar-refractivity contribution in [2.45, 2.75) is 71.6 Å². The predicted octanol–water partition coefficient (Wildman–Crippen LogP) is 5.16. The molecule has 0 saturated heterocycles. The van der Waals surface area contributed by atoms with E-state index in [1.165, 1.54) is 50.5 Å². The van der Waals surface area contributed by atoms with Gasteiger partial charge in [0.2, 0.25) is 0 Å². The van der Waals surface area contributed by atoms with Crippen LogP contribution in [0, 0.1) is 46.8 Å². The SMILES string of the molecule is C#CC1(C)CC[C@H]2[C@@H]3CCC4=CC(=O)CC[C@@H]4[C@H]3CC[C@@]21CC. The average molecular weight is 310 g/mol. The van der Waals surface area contributed by atoms with Crippen LogP contribution < -0.4 is 0 Å². The summed E-state index contributed by atoms with van der Waals surface area (Å²) in [5.74, 6) is 6.82. The van der Waals surface area contributed by atoms with Gasteiger partial charge < -0.3 is 0 Å². The molecule has 0 aromatic carbocycles. The number of rotatable bonds is 1. The maximum atomic E-state index is 11.8. The Labute approximate surface area is 141 Å². The molecule has 0 radical (unpaired) electrons. The van der Waals surface area contributed by atoms with Crippen molar-refractivity contribution in [1.29, 1.82) is 0 Å². The minimum atomic E-state index is 0.107. The van der Waals surface area contributed by atoms with Gasteiger partial charge in [0.25, 0.3) is 0 Å². The Balaban J connectivity index is 1.67. The standard InChI is InChI=1S/C22H30O/c1-4-21(3)12-11-20-19-8-6-15-14-16(23)7-9-17(15)18(19)10-13-22(20,21)5-2/h1,14,17-20H,5-13H2,2-3H3/t17-,18+,19+,20-,21?,22-/m0/s1. The van der Waals surface area contributed by atoms with Crippen molar-refractivity contribution in [2.75, 3.05) is 0 Å². The van der Waals surface area contributed by atoms with Crippen LogP contribution in [0.4, 0.5) is 0 Å². The lowest BCUT2D eigenvalue weighted by Crippen LogP contribution is -2.49. The second-order valence-corrected chi connectivity index (χ2v) is 8.87. The molecule has 0 N–H and O–H groups in total. The molecule has 1 nitrogen and oxygen atoms in total. The lowest BCUT2D eigenvalue weighted by molar-refractivity contribution is -0.116. The Hall–Kier alpha value is -1.03. The molecule has 3 fully saturated rings. The van der Waals surface area contributed by atoms with E-state index in [-0.39, 0.29) is 5.41 Å². The molecule has 0 spiro atoms. The van der Waals surface area contributed by atoms with Gasteiger partial charge in [-0.2, -0.15) is 0 Å². The highest BCUT2D eigenvalue weighted by Crippen LogP contribution is 2.68. The van der Waals surface area contributed by atoms with Gasteiger partial charge in [0.05, 0.1) is 0 Å². The van der Waals surface area contributed by atoms with E-state index >= 15 is 0 Å². The molecule has 0 aliphatic heterocycles. The number of fused-ring (bicyclic) bond motifs is 5. The second kappa shape index (κ2) is 5.23. The van der Waals surface area contributed by atoms with E-state index in [1.54, 1.807) is 0 Å².